The predicted molar refractivity (Wildman–Crippen MR) is 62.6 cm³/mol. The van der Waals surface area contributed by atoms with Crippen molar-refractivity contribution in [3.05, 3.63) is 43.0 Å². The van der Waals surface area contributed by atoms with Crippen molar-refractivity contribution >= 4 is 17.6 Å². The van der Waals surface area contributed by atoms with Crippen LogP contribution in [0.1, 0.15) is 0 Å². The summed E-state index contributed by atoms with van der Waals surface area (Å²) in [6, 6.07) is 7.84. The van der Waals surface area contributed by atoms with Gasteiger partial charge in [0.15, 0.2) is 6.04 Å². The number of ether oxygens (including phenoxy) is 1. The zero-order chi connectivity index (χ0) is 12.7. The van der Waals surface area contributed by atoms with E-state index in [9.17, 15) is 9.59 Å². The van der Waals surface area contributed by atoms with Crippen LogP contribution in [0, 0.1) is 0 Å². The number of anilines is 1. The molecule has 0 saturated carbocycles. The lowest BCUT2D eigenvalue weighted by molar-refractivity contribution is -0.143. The Kier molecular flexibility index (Phi) is 4.75. The fourth-order valence-electron chi connectivity index (χ4n) is 1.13. The number of hydrogen-bond acceptors (Lipinski definition) is 4. The summed E-state index contributed by atoms with van der Waals surface area (Å²) in [6.07, 6.45) is 0.988. The minimum Gasteiger partial charge on any atom is -0.480 e. The van der Waals surface area contributed by atoms with Crippen molar-refractivity contribution in [2.75, 3.05) is 11.9 Å². The summed E-state index contributed by atoms with van der Waals surface area (Å²) < 4.78 is 4.69. The van der Waals surface area contributed by atoms with Crippen molar-refractivity contribution in [3.63, 3.8) is 0 Å². The maximum atomic E-state index is 10.9. The van der Waals surface area contributed by atoms with Crippen molar-refractivity contribution in [2.24, 2.45) is 0 Å². The zero-order valence-corrected chi connectivity index (χ0v) is 9.13. The van der Waals surface area contributed by atoms with Gasteiger partial charge in [-0.05, 0) is 12.1 Å². The monoisotopic (exact) mass is 235 g/mol. The van der Waals surface area contributed by atoms with Crippen LogP contribution in [0.4, 0.5) is 5.69 Å². The Morgan fingerprint density at radius 1 is 1.41 bits per heavy atom. The Labute approximate surface area is 98.7 Å². The number of rotatable bonds is 6. The number of esters is 1. The second-order valence-electron chi connectivity index (χ2n) is 3.24. The number of carbonyl (C=O) groups is 2. The highest BCUT2D eigenvalue weighted by molar-refractivity contribution is 5.82. The lowest BCUT2D eigenvalue weighted by Crippen LogP contribution is -2.34. The van der Waals surface area contributed by atoms with Gasteiger partial charge < -0.3 is 15.2 Å². The first-order valence-corrected chi connectivity index (χ1v) is 4.97. The van der Waals surface area contributed by atoms with Crippen LogP contribution in [-0.2, 0) is 14.3 Å². The molecule has 1 atom stereocenters. The van der Waals surface area contributed by atoms with Gasteiger partial charge in [-0.1, -0.05) is 24.8 Å². The molecule has 0 aliphatic carbocycles. The molecule has 90 valence electrons. The predicted octanol–water partition coefficient (Wildman–Crippen LogP) is 1.28. The molecule has 0 aromatic heterocycles. The van der Waals surface area contributed by atoms with Gasteiger partial charge in [-0.2, -0.15) is 0 Å². The molecule has 0 heterocycles. The second kappa shape index (κ2) is 6.32. The van der Waals surface area contributed by atoms with Gasteiger partial charge in [-0.3, -0.25) is 0 Å². The van der Waals surface area contributed by atoms with Crippen LogP contribution in [0.5, 0.6) is 0 Å². The van der Waals surface area contributed by atoms with E-state index in [1.54, 1.807) is 24.3 Å². The third-order valence-electron chi connectivity index (χ3n) is 1.97. The summed E-state index contributed by atoms with van der Waals surface area (Å²) >= 11 is 0. The Hall–Kier alpha value is -2.30. The fraction of sp³-hybridized carbons (Fsp3) is 0.167. The maximum absolute atomic E-state index is 10.9. The SMILES string of the molecule is C=CC(=O)OCC(Nc1ccccc1)C(=O)O. The smallest absolute Gasteiger partial charge is 0.330 e. The molecule has 1 aromatic carbocycles. The van der Waals surface area contributed by atoms with E-state index in [0.29, 0.717) is 5.69 Å². The van der Waals surface area contributed by atoms with Crippen LogP contribution in [0.3, 0.4) is 0 Å². The van der Waals surface area contributed by atoms with E-state index in [1.807, 2.05) is 6.07 Å². The van der Waals surface area contributed by atoms with Gasteiger partial charge in [0.2, 0.25) is 0 Å². The molecule has 5 heteroatoms. The minimum absolute atomic E-state index is 0.255. The summed E-state index contributed by atoms with van der Waals surface area (Å²) in [5.41, 5.74) is 0.648. The first-order chi connectivity index (χ1) is 8.13. The molecule has 1 rings (SSSR count). The summed E-state index contributed by atoms with van der Waals surface area (Å²) in [5.74, 6) is -1.74. The summed E-state index contributed by atoms with van der Waals surface area (Å²) in [7, 11) is 0. The highest BCUT2D eigenvalue weighted by Gasteiger charge is 2.18. The van der Waals surface area contributed by atoms with Gasteiger partial charge in [-0.25, -0.2) is 9.59 Å². The number of hydrogen-bond donors (Lipinski definition) is 2. The first-order valence-electron chi connectivity index (χ1n) is 4.97. The van der Waals surface area contributed by atoms with E-state index >= 15 is 0 Å². The molecule has 1 aromatic rings. The number of carboxylic acid groups (broad SMARTS) is 1. The number of benzene rings is 1. The van der Waals surface area contributed by atoms with Crippen LogP contribution in [0.2, 0.25) is 0 Å². The van der Waals surface area contributed by atoms with E-state index in [-0.39, 0.29) is 6.61 Å². The fourth-order valence-corrected chi connectivity index (χ4v) is 1.13. The summed E-state index contributed by atoms with van der Waals surface area (Å²) in [4.78, 5) is 21.8. The first kappa shape index (κ1) is 12.8. The molecular formula is C12H13NO4. The third kappa shape index (κ3) is 4.38. The van der Waals surface area contributed by atoms with Crippen LogP contribution in [-0.4, -0.2) is 29.7 Å². The summed E-state index contributed by atoms with van der Waals surface area (Å²) in [6.45, 7) is 2.97. The van der Waals surface area contributed by atoms with Gasteiger partial charge in [0, 0.05) is 11.8 Å². The highest BCUT2D eigenvalue weighted by Crippen LogP contribution is 2.07. The average molecular weight is 235 g/mol. The van der Waals surface area contributed by atoms with Gasteiger partial charge in [0.1, 0.15) is 6.61 Å². The van der Waals surface area contributed by atoms with Crippen LogP contribution in [0.15, 0.2) is 43.0 Å². The number of nitrogens with one attached hydrogen (secondary N) is 1. The van der Waals surface area contributed by atoms with Crippen LogP contribution >= 0.6 is 0 Å². The molecule has 0 fully saturated rings. The molecule has 0 amide bonds. The second-order valence-corrected chi connectivity index (χ2v) is 3.24. The molecule has 0 aliphatic rings. The molecule has 17 heavy (non-hydrogen) atoms. The quantitative estimate of drug-likeness (QED) is 0.574. The van der Waals surface area contributed by atoms with Crippen molar-refractivity contribution in [3.8, 4) is 0 Å². The van der Waals surface area contributed by atoms with Gasteiger partial charge in [0.25, 0.3) is 0 Å². The molecule has 0 spiro atoms. The number of aliphatic carboxylic acids is 1. The topological polar surface area (TPSA) is 75.6 Å². The van der Waals surface area contributed by atoms with Crippen molar-refractivity contribution < 1.29 is 19.4 Å². The van der Waals surface area contributed by atoms with Gasteiger partial charge in [0.05, 0.1) is 0 Å². The van der Waals surface area contributed by atoms with Crippen LogP contribution < -0.4 is 5.32 Å². The van der Waals surface area contributed by atoms with E-state index < -0.39 is 18.0 Å². The molecule has 0 radical (unpaired) electrons. The lowest BCUT2D eigenvalue weighted by Gasteiger charge is -2.15. The molecule has 1 unspecified atom stereocenters. The largest absolute Gasteiger partial charge is 0.480 e. The molecular weight excluding hydrogens is 222 g/mol. The van der Waals surface area contributed by atoms with E-state index in [4.69, 9.17) is 5.11 Å². The number of carboxylic acids is 1. The average Bonchev–Trinajstić information content (AvgIpc) is 2.34. The standard InChI is InChI=1S/C12H13NO4/c1-2-11(14)17-8-10(12(15)16)13-9-6-4-3-5-7-9/h2-7,10,13H,1,8H2,(H,15,16). The molecule has 5 nitrogen and oxygen atoms in total. The van der Waals surface area contributed by atoms with E-state index in [0.717, 1.165) is 6.08 Å². The Bertz CT molecular complexity index is 402. The number of para-hydroxylation sites is 1. The zero-order valence-electron chi connectivity index (χ0n) is 9.13. The minimum atomic E-state index is -1.09. The molecule has 0 saturated heterocycles. The van der Waals surface area contributed by atoms with E-state index in [2.05, 4.69) is 16.6 Å². The van der Waals surface area contributed by atoms with Gasteiger partial charge in [-0.15, -0.1) is 0 Å². The summed E-state index contributed by atoms with van der Waals surface area (Å²) in [5, 5.41) is 11.7. The lowest BCUT2D eigenvalue weighted by atomic mass is 10.2. The Balaban J connectivity index is 2.58. The highest BCUT2D eigenvalue weighted by atomic mass is 16.5. The van der Waals surface area contributed by atoms with E-state index in [1.165, 1.54) is 0 Å². The maximum Gasteiger partial charge on any atom is 0.330 e. The van der Waals surface area contributed by atoms with Crippen LogP contribution in [0.25, 0.3) is 0 Å². The molecule has 0 bridgehead atoms. The Morgan fingerprint density at radius 3 is 2.59 bits per heavy atom. The molecule has 0 aliphatic heterocycles. The Morgan fingerprint density at radius 2 is 2.06 bits per heavy atom. The molecule has 2 N–H and O–H groups in total. The third-order valence-corrected chi connectivity index (χ3v) is 1.97. The number of carbonyl (C=O) groups excluding carboxylic acids is 1. The van der Waals surface area contributed by atoms with Crippen molar-refractivity contribution in [2.45, 2.75) is 6.04 Å². The van der Waals surface area contributed by atoms with Gasteiger partial charge >= 0.3 is 11.9 Å². The van der Waals surface area contributed by atoms with Crippen molar-refractivity contribution in [1.29, 1.82) is 0 Å². The normalized spacial score (nSPS) is 11.3. The van der Waals surface area contributed by atoms with Crippen molar-refractivity contribution in [1.82, 2.24) is 0 Å².